The number of halogens is 1. The van der Waals surface area contributed by atoms with E-state index in [2.05, 4.69) is 0 Å². The molecular weight excluding hydrogens is 254 g/mol. The van der Waals surface area contributed by atoms with E-state index < -0.39 is 10.3 Å². The van der Waals surface area contributed by atoms with Crippen molar-refractivity contribution in [3.8, 4) is 0 Å². The first kappa shape index (κ1) is 12.6. The fraction of sp³-hybridized carbons (Fsp3) is 0.231. The van der Waals surface area contributed by atoms with Gasteiger partial charge in [0.15, 0.2) is 0 Å². The maximum atomic E-state index is 10.6. The summed E-state index contributed by atoms with van der Waals surface area (Å²) < 4.78 is 5.12. The first-order valence-electron chi connectivity index (χ1n) is 5.44. The maximum Gasteiger partial charge on any atom is 0.433 e. The predicted molar refractivity (Wildman–Crippen MR) is 69.0 cm³/mol. The van der Waals surface area contributed by atoms with Gasteiger partial charge in [0.2, 0.25) is 0 Å². The molecule has 1 aromatic heterocycles. The quantitative estimate of drug-likeness (QED) is 0.476. The second-order valence-corrected chi connectivity index (χ2v) is 4.59. The highest BCUT2D eigenvalue weighted by atomic mass is 35.5. The number of furan rings is 1. The molecule has 0 aliphatic rings. The van der Waals surface area contributed by atoms with Crippen LogP contribution in [0.3, 0.4) is 0 Å². The highest BCUT2D eigenvalue weighted by molar-refractivity contribution is 6.22. The number of hydrogen-bond acceptors (Lipinski definition) is 3. The van der Waals surface area contributed by atoms with Crippen molar-refractivity contribution in [1.29, 1.82) is 0 Å². The number of hydrogen-bond donors (Lipinski definition) is 0. The molecule has 1 aromatic carbocycles. The minimum atomic E-state index is -0.574. The summed E-state index contributed by atoms with van der Waals surface area (Å²) in [6.07, 6.45) is 0. The summed E-state index contributed by atoms with van der Waals surface area (Å²) in [6, 6.07) is 8.73. The van der Waals surface area contributed by atoms with Crippen molar-refractivity contribution in [2.24, 2.45) is 0 Å². The Balaban J connectivity index is 2.35. The maximum absolute atomic E-state index is 10.6. The molecule has 0 spiro atoms. The van der Waals surface area contributed by atoms with Gasteiger partial charge in [-0.25, -0.2) is 0 Å². The summed E-state index contributed by atoms with van der Waals surface area (Å²) in [4.78, 5) is 9.98. The normalized spacial score (nSPS) is 12.4. The molecule has 4 nitrogen and oxygen atoms in total. The summed E-state index contributed by atoms with van der Waals surface area (Å²) in [6.45, 7) is 3.95. The van der Waals surface area contributed by atoms with Crippen molar-refractivity contribution in [1.82, 2.24) is 0 Å². The lowest BCUT2D eigenvalue weighted by Gasteiger charge is -2.10. The molecule has 1 unspecified atom stereocenters. The van der Waals surface area contributed by atoms with E-state index in [4.69, 9.17) is 16.0 Å². The van der Waals surface area contributed by atoms with Gasteiger partial charge in [0.05, 0.1) is 6.07 Å². The van der Waals surface area contributed by atoms with Crippen LogP contribution in [-0.2, 0) is 0 Å². The SMILES string of the molecule is Cc1ccc(C(Cl)c2ccc([N+](=O)[O-])o2)c(C)c1. The molecule has 0 radical (unpaired) electrons. The Labute approximate surface area is 109 Å². The Bertz CT molecular complexity index is 592. The molecule has 0 saturated carbocycles. The van der Waals surface area contributed by atoms with E-state index in [9.17, 15) is 10.1 Å². The molecule has 0 saturated heterocycles. The van der Waals surface area contributed by atoms with Crippen LogP contribution in [0.15, 0.2) is 34.7 Å². The molecule has 18 heavy (non-hydrogen) atoms. The molecular formula is C13H12ClNO3. The topological polar surface area (TPSA) is 56.3 Å². The number of benzene rings is 1. The standard InChI is InChI=1S/C13H12ClNO3/c1-8-3-4-10(9(2)7-8)13(14)11-5-6-12(18-11)15(16)17/h3-7,13H,1-2H3. The van der Waals surface area contributed by atoms with E-state index in [1.807, 2.05) is 32.0 Å². The first-order valence-corrected chi connectivity index (χ1v) is 5.88. The Morgan fingerprint density at radius 3 is 2.56 bits per heavy atom. The van der Waals surface area contributed by atoms with Crippen molar-refractivity contribution in [3.05, 3.63) is 62.9 Å². The van der Waals surface area contributed by atoms with Gasteiger partial charge in [-0.15, -0.1) is 11.6 Å². The zero-order valence-corrected chi connectivity index (χ0v) is 10.8. The second kappa shape index (κ2) is 4.82. The third kappa shape index (κ3) is 2.38. The lowest BCUT2D eigenvalue weighted by molar-refractivity contribution is -0.402. The fourth-order valence-electron chi connectivity index (χ4n) is 1.84. The molecule has 0 aliphatic heterocycles. The van der Waals surface area contributed by atoms with Crippen LogP contribution in [0.25, 0.3) is 0 Å². The summed E-state index contributed by atoms with van der Waals surface area (Å²) in [7, 11) is 0. The molecule has 0 N–H and O–H groups in total. The average molecular weight is 266 g/mol. The highest BCUT2D eigenvalue weighted by Crippen LogP contribution is 2.33. The van der Waals surface area contributed by atoms with Gasteiger partial charge in [0.25, 0.3) is 0 Å². The van der Waals surface area contributed by atoms with Crippen LogP contribution in [-0.4, -0.2) is 4.92 Å². The van der Waals surface area contributed by atoms with Crippen molar-refractivity contribution in [2.75, 3.05) is 0 Å². The van der Waals surface area contributed by atoms with E-state index in [0.29, 0.717) is 5.76 Å². The van der Waals surface area contributed by atoms with Crippen molar-refractivity contribution in [2.45, 2.75) is 19.2 Å². The third-order valence-electron chi connectivity index (χ3n) is 2.74. The minimum absolute atomic E-state index is 0.291. The van der Waals surface area contributed by atoms with Gasteiger partial charge in [0.1, 0.15) is 16.1 Å². The van der Waals surface area contributed by atoms with Crippen LogP contribution in [0, 0.1) is 24.0 Å². The number of nitrogens with zero attached hydrogens (tertiary/aromatic N) is 1. The van der Waals surface area contributed by atoms with Crippen LogP contribution in [0.4, 0.5) is 5.88 Å². The Morgan fingerprint density at radius 1 is 1.28 bits per heavy atom. The lowest BCUT2D eigenvalue weighted by atomic mass is 10.0. The Morgan fingerprint density at radius 2 is 2.00 bits per heavy atom. The van der Waals surface area contributed by atoms with Crippen LogP contribution >= 0.6 is 11.6 Å². The Kier molecular flexibility index (Phi) is 3.39. The summed E-state index contributed by atoms with van der Waals surface area (Å²) in [5, 5.41) is 10.0. The van der Waals surface area contributed by atoms with Gasteiger partial charge < -0.3 is 4.42 Å². The number of rotatable bonds is 3. The van der Waals surface area contributed by atoms with Gasteiger partial charge in [-0.05, 0) is 31.0 Å². The van der Waals surface area contributed by atoms with Crippen LogP contribution in [0.1, 0.15) is 27.8 Å². The predicted octanol–water partition coefficient (Wildman–Crippen LogP) is 4.13. The molecule has 0 fully saturated rings. The van der Waals surface area contributed by atoms with Gasteiger partial charge >= 0.3 is 5.88 Å². The molecule has 0 amide bonds. The number of alkyl halides is 1. The van der Waals surface area contributed by atoms with Crippen molar-refractivity contribution >= 4 is 17.5 Å². The van der Waals surface area contributed by atoms with E-state index >= 15 is 0 Å². The molecule has 2 rings (SSSR count). The van der Waals surface area contributed by atoms with E-state index in [1.165, 1.54) is 12.1 Å². The Hall–Kier alpha value is -1.81. The van der Waals surface area contributed by atoms with Gasteiger partial charge in [-0.3, -0.25) is 10.1 Å². The minimum Gasteiger partial charge on any atom is -0.404 e. The zero-order chi connectivity index (χ0) is 13.3. The molecule has 1 heterocycles. The molecule has 2 aromatic rings. The summed E-state index contributed by atoms with van der Waals surface area (Å²) in [5.74, 6) is 0.0933. The smallest absolute Gasteiger partial charge is 0.404 e. The van der Waals surface area contributed by atoms with Gasteiger partial charge in [-0.1, -0.05) is 23.8 Å². The zero-order valence-electron chi connectivity index (χ0n) is 10.0. The van der Waals surface area contributed by atoms with Crippen LogP contribution in [0.2, 0.25) is 0 Å². The van der Waals surface area contributed by atoms with E-state index in [0.717, 1.165) is 16.7 Å². The van der Waals surface area contributed by atoms with Crippen molar-refractivity contribution < 1.29 is 9.34 Å². The van der Waals surface area contributed by atoms with Crippen molar-refractivity contribution in [3.63, 3.8) is 0 Å². The largest absolute Gasteiger partial charge is 0.433 e. The summed E-state index contributed by atoms with van der Waals surface area (Å²) >= 11 is 6.29. The molecule has 1 atom stereocenters. The lowest BCUT2D eigenvalue weighted by Crippen LogP contribution is -1.95. The second-order valence-electron chi connectivity index (χ2n) is 4.16. The monoisotopic (exact) mass is 265 g/mol. The molecule has 94 valence electrons. The number of aryl methyl sites for hydroxylation is 2. The van der Waals surface area contributed by atoms with Crippen LogP contribution < -0.4 is 0 Å². The molecule has 5 heteroatoms. The fourth-order valence-corrected chi connectivity index (χ4v) is 2.20. The van der Waals surface area contributed by atoms with Gasteiger partial charge in [-0.2, -0.15) is 0 Å². The third-order valence-corrected chi connectivity index (χ3v) is 3.19. The first-order chi connectivity index (χ1) is 8.49. The molecule has 0 aliphatic carbocycles. The van der Waals surface area contributed by atoms with Crippen LogP contribution in [0.5, 0.6) is 0 Å². The summed E-state index contributed by atoms with van der Waals surface area (Å²) in [5.41, 5.74) is 3.08. The van der Waals surface area contributed by atoms with E-state index in [-0.39, 0.29) is 5.88 Å². The van der Waals surface area contributed by atoms with E-state index in [1.54, 1.807) is 0 Å². The average Bonchev–Trinajstić information content (AvgIpc) is 2.77. The molecule has 0 bridgehead atoms. The van der Waals surface area contributed by atoms with Gasteiger partial charge in [0, 0.05) is 0 Å². The highest BCUT2D eigenvalue weighted by Gasteiger charge is 2.20. The number of nitro groups is 1.